The maximum absolute atomic E-state index is 10.7. The van der Waals surface area contributed by atoms with Gasteiger partial charge in [-0.2, -0.15) is 0 Å². The molecule has 0 saturated carbocycles. The molecule has 6 heteroatoms. The van der Waals surface area contributed by atoms with E-state index < -0.39 is 10.1 Å². The number of aryl methyl sites for hydroxylation is 1. The maximum atomic E-state index is 10.7. The van der Waals surface area contributed by atoms with Gasteiger partial charge in [-0.15, -0.1) is 0 Å². The summed E-state index contributed by atoms with van der Waals surface area (Å²) in [4.78, 5) is -0.319. The van der Waals surface area contributed by atoms with Crippen LogP contribution in [0.25, 0.3) is 0 Å². The van der Waals surface area contributed by atoms with Gasteiger partial charge in [-0.3, -0.25) is 0 Å². The average molecular weight is 240 g/mol. The van der Waals surface area contributed by atoms with Crippen molar-refractivity contribution in [3.8, 4) is 5.75 Å². The largest absolute Gasteiger partial charge is 1.00 e. The van der Waals surface area contributed by atoms with E-state index >= 15 is 0 Å². The Labute approximate surface area is 126 Å². The van der Waals surface area contributed by atoms with Crippen LogP contribution < -0.4 is 56.1 Å². The Balaban J connectivity index is 0.00000169. The van der Waals surface area contributed by atoms with Crippen LogP contribution in [0.2, 0.25) is 0 Å². The Kier molecular flexibility index (Phi) is 5.82. The number of ether oxygens (including phenoxy) is 1. The van der Waals surface area contributed by atoms with Gasteiger partial charge >= 0.3 is 51.4 Å². The monoisotopic (exact) mass is 240 g/mol. The Morgan fingerprint density at radius 1 is 1.36 bits per heavy atom. The number of rotatable bonds is 2. The van der Waals surface area contributed by atoms with Gasteiger partial charge in [-0.25, -0.2) is 8.42 Å². The molecule has 0 aliphatic heterocycles. The topological polar surface area (TPSA) is 66.4 Å². The van der Waals surface area contributed by atoms with Crippen molar-refractivity contribution < 1.29 is 69.1 Å². The second-order valence-corrected chi connectivity index (χ2v) is 3.96. The van der Waals surface area contributed by atoms with E-state index in [2.05, 4.69) is 0 Å². The van der Waals surface area contributed by atoms with Gasteiger partial charge in [-0.1, -0.05) is 6.07 Å². The van der Waals surface area contributed by atoms with E-state index in [1.165, 1.54) is 19.2 Å². The van der Waals surface area contributed by atoms with E-state index in [-0.39, 0.29) is 62.0 Å². The minimum absolute atomic E-state index is 0. The summed E-state index contributed by atoms with van der Waals surface area (Å²) in [5.41, 5.74) is 0.837. The molecule has 0 amide bonds. The van der Waals surface area contributed by atoms with Crippen molar-refractivity contribution in [2.45, 2.75) is 11.8 Å². The quantitative estimate of drug-likeness (QED) is 0.439. The minimum Gasteiger partial charge on any atom is -0.744 e. The van der Waals surface area contributed by atoms with Crippen molar-refractivity contribution in [3.05, 3.63) is 23.8 Å². The molecule has 14 heavy (non-hydrogen) atoms. The van der Waals surface area contributed by atoms with Gasteiger partial charge in [0.1, 0.15) is 15.9 Å². The predicted octanol–water partition coefficient (Wildman–Crippen LogP) is -2.09. The van der Waals surface area contributed by atoms with Crippen LogP contribution in [-0.2, 0) is 10.1 Å². The molecule has 1 aromatic carbocycles. The van der Waals surface area contributed by atoms with Crippen LogP contribution in [0.4, 0.5) is 0 Å². The molecule has 0 bridgehead atoms. The third kappa shape index (κ3) is 3.61. The standard InChI is InChI=1S/C8H10O4S.K/c1-6-3-4-8(13(9,10)11)7(5-6)12-2;/h3-5H,1-2H3,(H,9,10,11);/q;+1/p-1. The average Bonchev–Trinajstić information content (AvgIpc) is 2.01. The van der Waals surface area contributed by atoms with Gasteiger partial charge < -0.3 is 9.29 Å². The molecule has 0 heterocycles. The van der Waals surface area contributed by atoms with Crippen molar-refractivity contribution in [2.75, 3.05) is 7.11 Å². The third-order valence-corrected chi connectivity index (χ3v) is 2.46. The van der Waals surface area contributed by atoms with E-state index in [4.69, 9.17) is 4.74 Å². The van der Waals surface area contributed by atoms with Gasteiger partial charge in [0.2, 0.25) is 0 Å². The van der Waals surface area contributed by atoms with Crippen LogP contribution in [0.3, 0.4) is 0 Å². The van der Waals surface area contributed by atoms with Gasteiger partial charge in [0.05, 0.1) is 12.0 Å². The third-order valence-electron chi connectivity index (χ3n) is 1.59. The number of benzene rings is 1. The van der Waals surface area contributed by atoms with E-state index in [0.29, 0.717) is 0 Å². The van der Waals surface area contributed by atoms with Crippen LogP contribution in [0.15, 0.2) is 23.1 Å². The Morgan fingerprint density at radius 3 is 2.36 bits per heavy atom. The molecule has 0 spiro atoms. The fraction of sp³-hybridized carbons (Fsp3) is 0.250. The molecule has 0 fully saturated rings. The van der Waals surface area contributed by atoms with Crippen molar-refractivity contribution >= 4 is 10.1 Å². The van der Waals surface area contributed by atoms with Gasteiger partial charge in [0, 0.05) is 0 Å². The van der Waals surface area contributed by atoms with Crippen molar-refractivity contribution in [1.82, 2.24) is 0 Å². The van der Waals surface area contributed by atoms with Crippen LogP contribution in [0.1, 0.15) is 5.56 Å². The van der Waals surface area contributed by atoms with Gasteiger partial charge in [0.25, 0.3) is 0 Å². The van der Waals surface area contributed by atoms with Crippen LogP contribution in [0, 0.1) is 6.92 Å². The molecular weight excluding hydrogens is 231 g/mol. The molecule has 0 aliphatic carbocycles. The first-order valence-electron chi connectivity index (χ1n) is 3.55. The maximum Gasteiger partial charge on any atom is 1.00 e. The fourth-order valence-electron chi connectivity index (χ4n) is 0.981. The molecule has 0 saturated heterocycles. The zero-order chi connectivity index (χ0) is 10.1. The zero-order valence-electron chi connectivity index (χ0n) is 8.27. The smallest absolute Gasteiger partial charge is 0.744 e. The van der Waals surface area contributed by atoms with Crippen molar-refractivity contribution in [2.24, 2.45) is 0 Å². The first-order chi connectivity index (χ1) is 5.95. The summed E-state index contributed by atoms with van der Waals surface area (Å²) < 4.78 is 36.8. The number of methoxy groups -OCH3 is 1. The summed E-state index contributed by atoms with van der Waals surface area (Å²) in [6.45, 7) is 1.78. The van der Waals surface area contributed by atoms with Crippen LogP contribution in [-0.4, -0.2) is 20.1 Å². The summed E-state index contributed by atoms with van der Waals surface area (Å²) >= 11 is 0. The second-order valence-electron chi connectivity index (χ2n) is 2.61. The van der Waals surface area contributed by atoms with Gasteiger partial charge in [-0.05, 0) is 24.6 Å². The summed E-state index contributed by atoms with van der Waals surface area (Å²) in [5, 5.41) is 0. The van der Waals surface area contributed by atoms with E-state index in [1.54, 1.807) is 13.0 Å². The molecule has 0 N–H and O–H groups in total. The van der Waals surface area contributed by atoms with E-state index in [9.17, 15) is 13.0 Å². The fourth-order valence-corrected chi connectivity index (χ4v) is 1.60. The first kappa shape index (κ1) is 14.6. The summed E-state index contributed by atoms with van der Waals surface area (Å²) in [6.07, 6.45) is 0. The van der Waals surface area contributed by atoms with Crippen LogP contribution in [0.5, 0.6) is 5.75 Å². The molecular formula is C8H9KO4S. The summed E-state index contributed by atoms with van der Waals surface area (Å²) in [7, 11) is -3.11. The second kappa shape index (κ2) is 5.60. The first-order valence-corrected chi connectivity index (χ1v) is 4.96. The predicted molar refractivity (Wildman–Crippen MR) is 45.7 cm³/mol. The Hall–Kier alpha value is 0.566. The zero-order valence-corrected chi connectivity index (χ0v) is 12.2. The molecule has 0 aliphatic rings. The van der Waals surface area contributed by atoms with Crippen molar-refractivity contribution in [3.63, 3.8) is 0 Å². The molecule has 0 atom stereocenters. The van der Waals surface area contributed by atoms with E-state index in [0.717, 1.165) is 5.56 Å². The summed E-state index contributed by atoms with van der Waals surface area (Å²) in [5.74, 6) is 0.0926. The number of hydrogen-bond donors (Lipinski definition) is 0. The molecule has 1 rings (SSSR count). The Bertz CT molecular complexity index is 413. The SMILES string of the molecule is COc1cc(C)ccc1S(=O)(=O)[O-].[K+]. The van der Waals surface area contributed by atoms with Crippen molar-refractivity contribution in [1.29, 1.82) is 0 Å². The molecule has 72 valence electrons. The van der Waals surface area contributed by atoms with Gasteiger partial charge in [0.15, 0.2) is 0 Å². The molecule has 0 radical (unpaired) electrons. The number of hydrogen-bond acceptors (Lipinski definition) is 4. The Morgan fingerprint density at radius 2 is 1.93 bits per heavy atom. The summed E-state index contributed by atoms with van der Waals surface area (Å²) in [6, 6.07) is 4.30. The van der Waals surface area contributed by atoms with E-state index in [1.807, 2.05) is 0 Å². The normalized spacial score (nSPS) is 10.5. The molecule has 4 nitrogen and oxygen atoms in total. The minimum atomic E-state index is -4.44. The van der Waals surface area contributed by atoms with Crippen LogP contribution >= 0.6 is 0 Å². The molecule has 0 aromatic heterocycles. The molecule has 1 aromatic rings. The molecule has 0 unspecified atom stereocenters.